The Morgan fingerprint density at radius 1 is 0.254 bits per heavy atom. The van der Waals surface area contributed by atoms with Gasteiger partial charge in [0, 0.05) is 0 Å². The van der Waals surface area contributed by atoms with Crippen LogP contribution in [0.3, 0.4) is 0 Å². The lowest BCUT2D eigenvalue weighted by atomic mass is 10.4. The van der Waals surface area contributed by atoms with Gasteiger partial charge in [-0.25, -0.2) is 0 Å². The largest absolute Gasteiger partial charge is 0.577 e. The van der Waals surface area contributed by atoms with Gasteiger partial charge in [0.2, 0.25) is 0 Å². The van der Waals surface area contributed by atoms with Gasteiger partial charge in [-0.2, -0.15) is 0 Å². The lowest BCUT2D eigenvalue weighted by Gasteiger charge is -2.47. The number of nitrogens with zero attached hydrogens (tertiary/aromatic N) is 2. The molecule has 0 atom stereocenters. The maximum Gasteiger partial charge on any atom is 0.0595 e. The predicted molar refractivity (Wildman–Crippen MR) is 266 cm³/mol. The van der Waals surface area contributed by atoms with Gasteiger partial charge in [-0.1, -0.05) is 262 Å². The van der Waals surface area contributed by atoms with Crippen LogP contribution in [0.4, 0.5) is 0 Å². The molecule has 0 heterocycles. The van der Waals surface area contributed by atoms with Crippen molar-refractivity contribution in [3.05, 3.63) is 252 Å². The molecule has 0 bridgehead atoms. The molecule has 296 valence electrons. The summed E-state index contributed by atoms with van der Waals surface area (Å²) in [6.45, 7) is 0. The summed E-state index contributed by atoms with van der Waals surface area (Å²) in [5.41, 5.74) is 0. The fourth-order valence-corrected chi connectivity index (χ4v) is 22.2. The quantitative estimate of drug-likeness (QED) is 0.115. The summed E-state index contributed by atoms with van der Waals surface area (Å²) in [4.78, 5) is 10.2. The van der Waals surface area contributed by atoms with E-state index >= 15 is 0 Å². The first-order valence-electron chi connectivity index (χ1n) is 18.6. The molecule has 0 aliphatic carbocycles. The second-order valence-corrected chi connectivity index (χ2v) is 26.5. The van der Waals surface area contributed by atoms with E-state index in [0.29, 0.717) is 21.2 Å². The molecular weight excluding hydrogens is 837 g/mol. The van der Waals surface area contributed by atoms with E-state index in [-0.39, 0.29) is 7.43 Å². The molecule has 59 heavy (non-hydrogen) atoms. The van der Waals surface area contributed by atoms with E-state index < -0.39 is 27.0 Å². The summed E-state index contributed by atoms with van der Waals surface area (Å²) in [6.07, 6.45) is -4.95. The average Bonchev–Trinajstić information content (AvgIpc) is 3.31. The van der Waals surface area contributed by atoms with Crippen LogP contribution in [0, 0.1) is 0 Å². The number of rotatable bonds is 12. The topological polar surface area (TPSA) is 62.3 Å². The van der Waals surface area contributed by atoms with Crippen LogP contribution in [-0.4, -0.2) is 0 Å². The van der Waals surface area contributed by atoms with Gasteiger partial charge in [0.05, 0.1) is 14.6 Å². The molecule has 8 aromatic carbocycles. The van der Waals surface area contributed by atoms with Crippen LogP contribution in [0.15, 0.2) is 243 Å². The summed E-state index contributed by atoms with van der Waals surface area (Å²) < 4.78 is 28.9. The van der Waals surface area contributed by atoms with Crippen molar-refractivity contribution in [1.29, 1.82) is 0 Å². The Morgan fingerprint density at radius 2 is 0.407 bits per heavy atom. The lowest BCUT2D eigenvalue weighted by molar-refractivity contribution is 0.586. The molecule has 8 aromatic rings. The highest BCUT2D eigenvalue weighted by atomic mass is 32.5. The minimum Gasteiger partial charge on any atom is -0.577 e. The van der Waals surface area contributed by atoms with Gasteiger partial charge in [0.25, 0.3) is 0 Å². The van der Waals surface area contributed by atoms with E-state index in [4.69, 9.17) is 33.3 Å². The summed E-state index contributed by atoms with van der Waals surface area (Å²) in [6, 6.07) is 77.4. The van der Waals surface area contributed by atoms with Crippen molar-refractivity contribution in [2.75, 3.05) is 0 Å². The summed E-state index contributed by atoms with van der Waals surface area (Å²) in [5, 5.41) is 6.56. The van der Waals surface area contributed by atoms with Gasteiger partial charge >= 0.3 is 0 Å². The van der Waals surface area contributed by atoms with Crippen molar-refractivity contribution in [3.63, 3.8) is 0 Å². The first-order valence-corrected chi connectivity index (χ1v) is 27.4. The van der Waals surface area contributed by atoms with Crippen LogP contribution in [0.25, 0.3) is 9.72 Å². The molecule has 4 nitrogen and oxygen atoms in total. The van der Waals surface area contributed by atoms with Gasteiger partial charge in [0.1, 0.15) is 0 Å². The number of hydrogen-bond acceptors (Lipinski definition) is 4. The highest BCUT2D eigenvalue weighted by Crippen LogP contribution is 2.68. The molecule has 0 unspecified atom stereocenters. The first-order chi connectivity index (χ1) is 28.3. The van der Waals surface area contributed by atoms with Crippen molar-refractivity contribution < 1.29 is 9.13 Å². The van der Waals surface area contributed by atoms with Gasteiger partial charge in [-0.15, -0.1) is 23.6 Å². The van der Waals surface area contributed by atoms with Crippen LogP contribution in [0.5, 0.6) is 0 Å². The molecule has 0 aliphatic heterocycles. The normalized spacial score (nSPS) is 11.7. The molecule has 0 aromatic heterocycles. The molecule has 0 fully saturated rings. The summed E-state index contributed by atoms with van der Waals surface area (Å²) in [5.74, 6) is 0. The highest BCUT2D eigenvalue weighted by molar-refractivity contribution is 8.34. The standard InChI is InChI=1S/C24H20NO2P2.C24H20NP2S2.CH4/c26-28(21-13-5-1-6-14-21,22-15-7-2-8-16-22)25-29(27,23-17-9-3-10-18-23)24-19-11-4-12-20-24;28-26(21-13-5-1-6-14-21,22-15-7-2-8-16-22)25-27(29,23-17-9-3-10-18-23)24-19-11-4-12-20-24;/h2*1-20H;1H4/q2*-1;. The van der Waals surface area contributed by atoms with Crippen molar-refractivity contribution in [2.45, 2.75) is 7.43 Å². The zero-order valence-electron chi connectivity index (χ0n) is 31.4. The van der Waals surface area contributed by atoms with Gasteiger partial charge < -0.3 is 18.8 Å². The Morgan fingerprint density at radius 3 is 0.576 bits per heavy atom. The molecule has 0 amide bonds. The van der Waals surface area contributed by atoms with E-state index in [1.165, 1.54) is 0 Å². The monoisotopic (exact) mass is 880 g/mol. The van der Waals surface area contributed by atoms with Crippen LogP contribution < -0.4 is 42.4 Å². The Hall–Kier alpha value is -4.56. The molecule has 8 rings (SSSR count). The fraction of sp³-hybridized carbons (Fsp3) is 0.0204. The SMILES string of the molecule is C.O=P([N-]P(=O)(c1ccccc1)c1ccccc1)(c1ccccc1)c1ccccc1.S=P([N-]P(=S)(c1ccccc1)c1ccccc1)(c1ccccc1)c1ccccc1. The second kappa shape index (κ2) is 20.1. The third-order valence-corrected chi connectivity index (χ3v) is 25.2. The van der Waals surface area contributed by atoms with Crippen molar-refractivity contribution >= 4 is 93.0 Å². The second-order valence-electron chi connectivity index (χ2n) is 13.2. The van der Waals surface area contributed by atoms with Gasteiger partial charge in [-0.3, -0.25) is 0 Å². The molecule has 0 saturated heterocycles. The zero-order valence-corrected chi connectivity index (χ0v) is 36.6. The van der Waals surface area contributed by atoms with E-state index in [1.807, 2.05) is 146 Å². The highest BCUT2D eigenvalue weighted by Gasteiger charge is 2.27. The van der Waals surface area contributed by atoms with Crippen LogP contribution in [-0.2, 0) is 32.7 Å². The molecule has 10 heteroatoms. The summed E-state index contributed by atoms with van der Waals surface area (Å²) in [7, 11) is -7.03. The Labute approximate surface area is 359 Å². The average molecular weight is 881 g/mol. The van der Waals surface area contributed by atoms with Crippen molar-refractivity contribution in [1.82, 2.24) is 0 Å². The maximum atomic E-state index is 14.4. The van der Waals surface area contributed by atoms with E-state index in [2.05, 4.69) is 48.5 Å². The van der Waals surface area contributed by atoms with Gasteiger partial charge in [-0.05, 0) is 42.4 Å². The minimum atomic E-state index is -3.51. The van der Waals surface area contributed by atoms with Crippen molar-refractivity contribution in [3.8, 4) is 0 Å². The van der Waals surface area contributed by atoms with Gasteiger partial charge in [0.15, 0.2) is 0 Å². The third-order valence-electron chi connectivity index (χ3n) is 9.35. The smallest absolute Gasteiger partial charge is 0.0595 e. The Bertz CT molecular complexity index is 2160. The fourth-order valence-electron chi connectivity index (χ4n) is 6.40. The number of benzene rings is 8. The molecule has 0 spiro atoms. The van der Waals surface area contributed by atoms with E-state index in [9.17, 15) is 9.13 Å². The maximum absolute atomic E-state index is 14.4. The Balaban J connectivity index is 0.000000195. The summed E-state index contributed by atoms with van der Waals surface area (Å²) >= 11 is 12.8. The molecule has 0 saturated carbocycles. The first kappa shape index (κ1) is 44.0. The van der Waals surface area contributed by atoms with E-state index in [0.717, 1.165) is 21.2 Å². The predicted octanol–water partition coefficient (Wildman–Crippen LogP) is 11.3. The zero-order chi connectivity index (χ0) is 40.3. The molecular formula is C49H44N2O2P4S2-2. The lowest BCUT2D eigenvalue weighted by Crippen LogP contribution is -2.20. The van der Waals surface area contributed by atoms with Crippen LogP contribution in [0.1, 0.15) is 7.43 Å². The molecule has 0 aliphatic rings. The third kappa shape index (κ3) is 9.91. The Kier molecular flexibility index (Phi) is 15.0. The van der Waals surface area contributed by atoms with Crippen LogP contribution in [0.2, 0.25) is 0 Å². The number of hydrogen-bond donors (Lipinski definition) is 0. The van der Waals surface area contributed by atoms with Crippen LogP contribution >= 0.6 is 27.0 Å². The van der Waals surface area contributed by atoms with E-state index in [1.54, 1.807) is 48.5 Å². The molecule has 0 N–H and O–H groups in total. The van der Waals surface area contributed by atoms with Crippen molar-refractivity contribution in [2.24, 2.45) is 0 Å². The minimum absolute atomic E-state index is 0. The molecule has 0 radical (unpaired) electrons.